The summed E-state index contributed by atoms with van der Waals surface area (Å²) in [6.45, 7) is 0.238. The van der Waals surface area contributed by atoms with E-state index in [-0.39, 0.29) is 17.9 Å². The molecule has 0 aliphatic rings. The molecule has 0 aromatic heterocycles. The predicted octanol–water partition coefficient (Wildman–Crippen LogP) is 3.19. The van der Waals surface area contributed by atoms with Crippen LogP contribution in [0, 0.1) is 5.82 Å². The lowest BCUT2D eigenvalue weighted by molar-refractivity contribution is 0.318. The molecule has 0 saturated heterocycles. The van der Waals surface area contributed by atoms with Crippen LogP contribution in [-0.2, 0) is 6.54 Å². The van der Waals surface area contributed by atoms with Crippen LogP contribution in [-0.4, -0.2) is 11.0 Å². The van der Waals surface area contributed by atoms with Crippen LogP contribution in [0.25, 0.3) is 0 Å². The number of amidine groups is 1. The highest BCUT2D eigenvalue weighted by Crippen LogP contribution is 2.22. The molecule has 0 aliphatic carbocycles. The van der Waals surface area contributed by atoms with Crippen molar-refractivity contribution in [1.29, 1.82) is 0 Å². The summed E-state index contributed by atoms with van der Waals surface area (Å²) < 4.78 is 14.2. The van der Waals surface area contributed by atoms with Crippen molar-refractivity contribution in [1.82, 2.24) is 0 Å². The molecule has 0 bridgehead atoms. The molecule has 0 spiro atoms. The molecule has 20 heavy (non-hydrogen) atoms. The van der Waals surface area contributed by atoms with Crippen molar-refractivity contribution >= 4 is 23.1 Å². The normalized spacial score (nSPS) is 11.4. The second-order valence-electron chi connectivity index (χ2n) is 4.10. The number of hydrogen-bond donors (Lipinski definition) is 3. The van der Waals surface area contributed by atoms with Crippen molar-refractivity contribution < 1.29 is 9.60 Å². The lowest BCUT2D eigenvalue weighted by Gasteiger charge is -2.10. The summed E-state index contributed by atoms with van der Waals surface area (Å²) >= 11 is 6.01. The molecule has 2 aromatic carbocycles. The Bertz CT molecular complexity index is 646. The van der Waals surface area contributed by atoms with Crippen LogP contribution in [0.3, 0.4) is 0 Å². The molecule has 4 nitrogen and oxygen atoms in total. The van der Waals surface area contributed by atoms with Gasteiger partial charge < -0.3 is 16.3 Å². The van der Waals surface area contributed by atoms with Crippen molar-refractivity contribution in [2.75, 3.05) is 5.32 Å². The Kier molecular flexibility index (Phi) is 4.42. The number of rotatable bonds is 4. The van der Waals surface area contributed by atoms with E-state index < -0.39 is 5.82 Å². The fourth-order valence-corrected chi connectivity index (χ4v) is 1.97. The summed E-state index contributed by atoms with van der Waals surface area (Å²) in [5.41, 5.74) is 6.58. The fourth-order valence-electron chi connectivity index (χ4n) is 1.76. The molecule has 0 aliphatic heterocycles. The SMILES string of the molecule is N/C(=N/O)c1cccc(CNc2ccccc2Cl)c1F. The number of nitrogens with one attached hydrogen (secondary N) is 1. The highest BCUT2D eigenvalue weighted by molar-refractivity contribution is 6.33. The molecule has 4 N–H and O–H groups in total. The first kappa shape index (κ1) is 14.1. The van der Waals surface area contributed by atoms with E-state index in [9.17, 15) is 4.39 Å². The zero-order valence-corrected chi connectivity index (χ0v) is 11.2. The van der Waals surface area contributed by atoms with E-state index in [2.05, 4.69) is 10.5 Å². The van der Waals surface area contributed by atoms with E-state index in [1.165, 1.54) is 6.07 Å². The topological polar surface area (TPSA) is 70.6 Å². The molecule has 104 valence electrons. The zero-order chi connectivity index (χ0) is 14.5. The Morgan fingerprint density at radius 1 is 1.25 bits per heavy atom. The van der Waals surface area contributed by atoms with E-state index in [0.717, 1.165) is 0 Å². The second kappa shape index (κ2) is 6.25. The van der Waals surface area contributed by atoms with Crippen molar-refractivity contribution in [3.05, 3.63) is 64.4 Å². The monoisotopic (exact) mass is 293 g/mol. The number of anilines is 1. The third kappa shape index (κ3) is 3.00. The van der Waals surface area contributed by atoms with Crippen LogP contribution in [0.5, 0.6) is 0 Å². The third-order valence-electron chi connectivity index (χ3n) is 2.81. The maximum Gasteiger partial charge on any atom is 0.173 e. The van der Waals surface area contributed by atoms with Gasteiger partial charge in [-0.3, -0.25) is 0 Å². The molecule has 0 amide bonds. The van der Waals surface area contributed by atoms with Crippen molar-refractivity contribution in [2.45, 2.75) is 6.54 Å². The smallest absolute Gasteiger partial charge is 0.173 e. The average Bonchev–Trinajstić information content (AvgIpc) is 2.47. The zero-order valence-electron chi connectivity index (χ0n) is 10.5. The first-order valence-corrected chi connectivity index (χ1v) is 6.25. The number of benzene rings is 2. The van der Waals surface area contributed by atoms with E-state index in [4.69, 9.17) is 22.5 Å². The van der Waals surface area contributed by atoms with Crippen molar-refractivity contribution in [2.24, 2.45) is 10.9 Å². The quantitative estimate of drug-likeness (QED) is 0.351. The largest absolute Gasteiger partial charge is 0.409 e. The molecule has 0 atom stereocenters. The molecule has 2 rings (SSSR count). The van der Waals surface area contributed by atoms with Crippen LogP contribution in [0.15, 0.2) is 47.6 Å². The maximum absolute atomic E-state index is 14.2. The highest BCUT2D eigenvalue weighted by atomic mass is 35.5. The first-order chi connectivity index (χ1) is 9.63. The fraction of sp³-hybridized carbons (Fsp3) is 0.0714. The summed E-state index contributed by atoms with van der Waals surface area (Å²) in [6, 6.07) is 11.9. The summed E-state index contributed by atoms with van der Waals surface area (Å²) in [4.78, 5) is 0. The van der Waals surface area contributed by atoms with Crippen molar-refractivity contribution in [3.63, 3.8) is 0 Å². The van der Waals surface area contributed by atoms with E-state index in [1.807, 2.05) is 12.1 Å². The van der Waals surface area contributed by atoms with Gasteiger partial charge in [-0.15, -0.1) is 0 Å². The van der Waals surface area contributed by atoms with Gasteiger partial charge in [-0.1, -0.05) is 41.0 Å². The second-order valence-corrected chi connectivity index (χ2v) is 4.50. The van der Waals surface area contributed by atoms with Gasteiger partial charge in [-0.05, 0) is 18.2 Å². The number of nitrogens with zero attached hydrogens (tertiary/aromatic N) is 1. The summed E-state index contributed by atoms with van der Waals surface area (Å²) in [7, 11) is 0. The van der Waals surface area contributed by atoms with Crippen LogP contribution < -0.4 is 11.1 Å². The minimum atomic E-state index is -0.526. The molecule has 0 fully saturated rings. The Morgan fingerprint density at radius 2 is 2.00 bits per heavy atom. The minimum Gasteiger partial charge on any atom is -0.409 e. The number of nitrogens with two attached hydrogens (primary N) is 1. The van der Waals surface area contributed by atoms with Gasteiger partial charge in [0, 0.05) is 12.1 Å². The number of halogens is 2. The van der Waals surface area contributed by atoms with Gasteiger partial charge in [0.2, 0.25) is 0 Å². The van der Waals surface area contributed by atoms with Gasteiger partial charge in [0.1, 0.15) is 5.82 Å². The standard InChI is InChI=1S/C14H13ClFN3O/c15-11-6-1-2-7-12(11)18-8-9-4-3-5-10(13(9)16)14(17)19-20/h1-7,18,20H,8H2,(H2,17,19). The summed E-state index contributed by atoms with van der Waals surface area (Å²) in [5, 5.41) is 15.0. The van der Waals surface area contributed by atoms with E-state index in [0.29, 0.717) is 16.3 Å². The Hall–Kier alpha value is -2.27. The molecule has 0 heterocycles. The Balaban J connectivity index is 2.21. The summed E-state index contributed by atoms with van der Waals surface area (Å²) in [5.74, 6) is -0.788. The van der Waals surface area contributed by atoms with E-state index in [1.54, 1.807) is 24.3 Å². The van der Waals surface area contributed by atoms with Crippen LogP contribution in [0.1, 0.15) is 11.1 Å². The number of oxime groups is 1. The molecular formula is C14H13ClFN3O. The third-order valence-corrected chi connectivity index (χ3v) is 3.14. The Labute approximate surface area is 120 Å². The minimum absolute atomic E-state index is 0.0611. The Morgan fingerprint density at radius 3 is 2.70 bits per heavy atom. The van der Waals surface area contributed by atoms with Gasteiger partial charge in [-0.2, -0.15) is 0 Å². The molecule has 0 radical (unpaired) electrons. The predicted molar refractivity (Wildman–Crippen MR) is 77.7 cm³/mol. The molecule has 0 saturated carbocycles. The van der Waals surface area contributed by atoms with E-state index >= 15 is 0 Å². The molecule has 0 unspecified atom stereocenters. The molecular weight excluding hydrogens is 281 g/mol. The average molecular weight is 294 g/mol. The van der Waals surface area contributed by atoms with Gasteiger partial charge in [-0.25, -0.2) is 4.39 Å². The lowest BCUT2D eigenvalue weighted by Crippen LogP contribution is -2.16. The van der Waals surface area contributed by atoms with Gasteiger partial charge in [0.15, 0.2) is 5.84 Å². The van der Waals surface area contributed by atoms with Gasteiger partial charge in [0.05, 0.1) is 16.3 Å². The van der Waals surface area contributed by atoms with Crippen molar-refractivity contribution in [3.8, 4) is 0 Å². The number of hydrogen-bond acceptors (Lipinski definition) is 3. The summed E-state index contributed by atoms with van der Waals surface area (Å²) in [6.07, 6.45) is 0. The number of para-hydroxylation sites is 1. The van der Waals surface area contributed by atoms with Crippen LogP contribution >= 0.6 is 11.6 Å². The maximum atomic E-state index is 14.2. The molecule has 6 heteroatoms. The van der Waals surface area contributed by atoms with Crippen LogP contribution in [0.4, 0.5) is 10.1 Å². The molecule has 2 aromatic rings. The van der Waals surface area contributed by atoms with Gasteiger partial charge >= 0.3 is 0 Å². The highest BCUT2D eigenvalue weighted by Gasteiger charge is 2.11. The first-order valence-electron chi connectivity index (χ1n) is 5.87. The van der Waals surface area contributed by atoms with Gasteiger partial charge in [0.25, 0.3) is 0 Å². The van der Waals surface area contributed by atoms with Crippen LogP contribution in [0.2, 0.25) is 5.02 Å². The lowest BCUT2D eigenvalue weighted by atomic mass is 10.1.